The van der Waals surface area contributed by atoms with Crippen molar-refractivity contribution < 1.29 is 36.6 Å². The third-order valence-corrected chi connectivity index (χ3v) is 10.9. The maximum Gasteiger partial charge on any atom is 0.303 e. The third-order valence-electron chi connectivity index (χ3n) is 8.87. The summed E-state index contributed by atoms with van der Waals surface area (Å²) in [7, 11) is -2.03. The first-order chi connectivity index (χ1) is 23.1. The Hall–Kier alpha value is -4.62. The second kappa shape index (κ2) is 13.0. The van der Waals surface area contributed by atoms with Crippen LogP contribution in [0.3, 0.4) is 0 Å². The number of aromatic nitrogens is 4. The Morgan fingerprint density at radius 1 is 1.06 bits per heavy atom. The lowest BCUT2D eigenvalue weighted by Crippen LogP contribution is -2.36. The van der Waals surface area contributed by atoms with E-state index in [0.717, 1.165) is 11.1 Å². The Morgan fingerprint density at radius 2 is 1.86 bits per heavy atom. The maximum absolute atomic E-state index is 15.6. The molecular weight excluding hydrogens is 654 g/mol. The average Bonchev–Trinajstić information content (AvgIpc) is 3.66. The molecule has 3 heterocycles. The molecule has 13 heteroatoms. The van der Waals surface area contributed by atoms with Crippen molar-refractivity contribution in [1.82, 2.24) is 19.7 Å². The zero-order chi connectivity index (χ0) is 35.1. The van der Waals surface area contributed by atoms with Gasteiger partial charge in [0.2, 0.25) is 0 Å². The summed E-state index contributed by atoms with van der Waals surface area (Å²) in [4.78, 5) is 19.1. The van der Waals surface area contributed by atoms with Crippen LogP contribution < -0.4 is 4.74 Å². The van der Waals surface area contributed by atoms with Gasteiger partial charge in [-0.1, -0.05) is 38.1 Å². The summed E-state index contributed by atoms with van der Waals surface area (Å²) >= 11 is 0. The average molecular weight is 693 g/mol. The molecule has 1 atom stereocenters. The smallest absolute Gasteiger partial charge is 0.303 e. The first-order valence-corrected chi connectivity index (χ1v) is 17.7. The van der Waals surface area contributed by atoms with Crippen LogP contribution in [0.25, 0.3) is 22.3 Å². The second-order valence-corrected chi connectivity index (χ2v) is 15.8. The van der Waals surface area contributed by atoms with E-state index in [9.17, 15) is 18.3 Å². The van der Waals surface area contributed by atoms with Gasteiger partial charge in [-0.25, -0.2) is 26.9 Å². The van der Waals surface area contributed by atoms with Gasteiger partial charge in [0.1, 0.15) is 11.6 Å². The molecule has 2 aromatic heterocycles. The number of halogens is 2. The summed E-state index contributed by atoms with van der Waals surface area (Å²) in [6.07, 6.45) is 1.89. The van der Waals surface area contributed by atoms with E-state index in [1.807, 2.05) is 31.2 Å². The van der Waals surface area contributed by atoms with Gasteiger partial charge < -0.3 is 19.6 Å². The number of benzene rings is 3. The Kier molecular flexibility index (Phi) is 9.10. The number of aromatic amines is 1. The highest BCUT2D eigenvalue weighted by atomic mass is 32.2. The first-order valence-electron chi connectivity index (χ1n) is 15.9. The van der Waals surface area contributed by atoms with Crippen LogP contribution in [0.2, 0.25) is 0 Å². The summed E-state index contributed by atoms with van der Waals surface area (Å²) in [6.45, 7) is 5.61. The lowest BCUT2D eigenvalue weighted by Gasteiger charge is -2.31. The van der Waals surface area contributed by atoms with E-state index in [2.05, 4.69) is 4.98 Å². The highest BCUT2D eigenvalue weighted by Crippen LogP contribution is 2.38. The van der Waals surface area contributed by atoms with Crippen LogP contribution >= 0.6 is 0 Å². The van der Waals surface area contributed by atoms with Crippen molar-refractivity contribution in [1.29, 1.82) is 0 Å². The van der Waals surface area contributed by atoms with Crippen LogP contribution in [0, 0.1) is 17.0 Å². The molecule has 0 aliphatic carbocycles. The highest BCUT2D eigenvalue weighted by Gasteiger charge is 2.37. The van der Waals surface area contributed by atoms with Crippen LogP contribution in [-0.4, -0.2) is 64.0 Å². The number of sulfone groups is 1. The van der Waals surface area contributed by atoms with E-state index in [4.69, 9.17) is 19.6 Å². The van der Waals surface area contributed by atoms with Crippen LogP contribution in [0.15, 0.2) is 60.8 Å². The van der Waals surface area contributed by atoms with Gasteiger partial charge in [0.25, 0.3) is 0 Å². The van der Waals surface area contributed by atoms with E-state index >= 15 is 8.78 Å². The number of rotatable bonds is 4. The molecule has 49 heavy (non-hydrogen) atoms. The lowest BCUT2D eigenvalue weighted by atomic mass is 9.81. The number of aliphatic carboxylic acids is 1. The molecule has 6 rings (SSSR count). The van der Waals surface area contributed by atoms with Crippen molar-refractivity contribution >= 4 is 26.7 Å². The van der Waals surface area contributed by atoms with Crippen LogP contribution in [0.1, 0.15) is 49.7 Å². The summed E-state index contributed by atoms with van der Waals surface area (Å²) in [6, 6.07) is 14.4. The van der Waals surface area contributed by atoms with Crippen molar-refractivity contribution in [3.8, 4) is 22.9 Å². The summed E-state index contributed by atoms with van der Waals surface area (Å²) < 4.78 is 72.1. The van der Waals surface area contributed by atoms with Crippen LogP contribution in [0.4, 0.5) is 8.78 Å². The van der Waals surface area contributed by atoms with E-state index in [-0.39, 0.29) is 60.4 Å². The number of carbonyl (C=O) groups is 1. The number of H-pyrrole nitrogens is 1. The zero-order valence-corrected chi connectivity index (χ0v) is 28.5. The lowest BCUT2D eigenvalue weighted by molar-refractivity contribution is -0.136. The predicted octanol–water partition coefficient (Wildman–Crippen LogP) is 6.37. The minimum atomic E-state index is -3.67. The minimum absolute atomic E-state index is 0.0162. The van der Waals surface area contributed by atoms with Crippen molar-refractivity contribution in [2.24, 2.45) is 12.5 Å². The fourth-order valence-electron chi connectivity index (χ4n) is 6.39. The summed E-state index contributed by atoms with van der Waals surface area (Å²) in [5, 5.41) is 14.6. The van der Waals surface area contributed by atoms with Gasteiger partial charge in [0.05, 0.1) is 35.7 Å². The molecule has 0 spiro atoms. The van der Waals surface area contributed by atoms with Crippen LogP contribution in [0.5, 0.6) is 11.5 Å². The second-order valence-electron chi connectivity index (χ2n) is 13.7. The number of carboxylic acids is 1. The zero-order valence-electron chi connectivity index (χ0n) is 27.7. The fraction of sp³-hybridized carbons (Fsp3) is 0.361. The molecule has 2 N–H and O–H groups in total. The van der Waals surface area contributed by atoms with Gasteiger partial charge in [-0.15, -0.1) is 0 Å². The molecule has 0 saturated carbocycles. The number of nitrogens with one attached hydrogen (secondary N) is 1. The fourth-order valence-corrected chi connectivity index (χ4v) is 8.32. The molecule has 0 amide bonds. The summed E-state index contributed by atoms with van der Waals surface area (Å²) in [5.74, 6) is -2.17. The quantitative estimate of drug-likeness (QED) is 0.222. The predicted molar refractivity (Wildman–Crippen MR) is 181 cm³/mol. The van der Waals surface area contributed by atoms with Crippen molar-refractivity contribution in [2.45, 2.75) is 45.4 Å². The molecule has 10 nitrogen and oxygen atoms in total. The Labute approximate surface area is 283 Å². The SMILES string of the molecule is Cn1nc2nc1-c1cc(ccc1F)Oc1c(F)cc3[nH]ccc3c1CCS(=O)(=O)CC(C)(C)COCC2(C)c1cccc(CCC(=O)O)c1. The Balaban J connectivity index is 1.50. The van der Waals surface area contributed by atoms with Crippen molar-refractivity contribution in [2.75, 3.05) is 24.7 Å². The molecule has 0 radical (unpaired) electrons. The van der Waals surface area contributed by atoms with Crippen molar-refractivity contribution in [3.63, 3.8) is 0 Å². The number of nitrogens with zero attached hydrogens (tertiary/aromatic N) is 3. The molecule has 0 fully saturated rings. The Morgan fingerprint density at radius 3 is 2.63 bits per heavy atom. The van der Waals surface area contributed by atoms with Gasteiger partial charge in [0, 0.05) is 47.6 Å². The number of carboxylic acid groups (broad SMARTS) is 1. The molecule has 1 aliphatic rings. The molecule has 258 valence electrons. The normalized spacial score (nSPS) is 19.4. The first kappa shape index (κ1) is 34.3. The van der Waals surface area contributed by atoms with Crippen molar-refractivity contribution in [3.05, 3.63) is 94.9 Å². The molecule has 4 bridgehead atoms. The molecule has 0 saturated heterocycles. The highest BCUT2D eigenvalue weighted by molar-refractivity contribution is 7.91. The van der Waals surface area contributed by atoms with Gasteiger partial charge >= 0.3 is 5.97 Å². The number of aryl methyl sites for hydroxylation is 3. The van der Waals surface area contributed by atoms with Gasteiger partial charge in [0.15, 0.2) is 33.1 Å². The molecule has 1 aliphatic heterocycles. The number of hydrogen-bond donors (Lipinski definition) is 2. The summed E-state index contributed by atoms with van der Waals surface area (Å²) in [5.41, 5.74) is 0.661. The molecule has 1 unspecified atom stereocenters. The minimum Gasteiger partial charge on any atom is -0.481 e. The molecular formula is C36H38F2N4O6S. The largest absolute Gasteiger partial charge is 0.481 e. The van der Waals surface area contributed by atoms with Gasteiger partial charge in [-0.2, -0.15) is 5.10 Å². The Bertz CT molecular complexity index is 2160. The van der Waals surface area contributed by atoms with Gasteiger partial charge in [-0.3, -0.25) is 4.79 Å². The monoisotopic (exact) mass is 692 g/mol. The van der Waals surface area contributed by atoms with E-state index in [0.29, 0.717) is 28.7 Å². The maximum atomic E-state index is 15.6. The third kappa shape index (κ3) is 7.23. The topological polar surface area (TPSA) is 136 Å². The van der Waals surface area contributed by atoms with E-state index < -0.39 is 38.3 Å². The van der Waals surface area contributed by atoms with Gasteiger partial charge in [-0.05, 0) is 55.2 Å². The number of fused-ring (bicyclic) bond motifs is 8. The van der Waals surface area contributed by atoms with E-state index in [1.165, 1.54) is 28.9 Å². The molecule has 3 aromatic carbocycles. The number of hydrogen-bond acceptors (Lipinski definition) is 7. The molecule has 5 aromatic rings. The van der Waals surface area contributed by atoms with Crippen LogP contribution in [-0.2, 0) is 44.7 Å². The number of ether oxygens (including phenoxy) is 2. The standard InChI is InChI=1S/C36H38F2N4O6S/c1-35(2)19-47-20-36(3,23-7-5-6-22(16-23)8-11-31(43)44)34-40-33(42(4)41-34)27-17-24(9-10-28(27)37)48-32-26(13-15-49(45,46)21-35)25-12-14-39-30(25)18-29(32)38/h5-7,9-10,12,14,16-18,39H,8,11,13,15,19-21H2,1-4H3,(H,43,44). The van der Waals surface area contributed by atoms with E-state index in [1.54, 1.807) is 33.2 Å².